The largest absolute Gasteiger partial charge is 0.393 e. The average Bonchev–Trinajstić information content (AvgIpc) is 2.25. The molecule has 0 amide bonds. The van der Waals surface area contributed by atoms with Gasteiger partial charge in [-0.1, -0.05) is 26.7 Å². The van der Waals surface area contributed by atoms with E-state index in [9.17, 15) is 5.11 Å². The van der Waals surface area contributed by atoms with Crippen molar-refractivity contribution in [3.05, 3.63) is 0 Å². The summed E-state index contributed by atoms with van der Waals surface area (Å²) >= 11 is 0. The standard InChI is InChI=1S/C14H27NO/c1-3-14(4-2)10-15(11-14)9-12-7-5-6-8-13(12)16/h12-13,16H,3-11H2,1-2H3. The minimum absolute atomic E-state index is 0.0213. The van der Waals surface area contributed by atoms with E-state index in [1.165, 1.54) is 45.2 Å². The van der Waals surface area contributed by atoms with Gasteiger partial charge in [-0.05, 0) is 37.0 Å². The summed E-state index contributed by atoms with van der Waals surface area (Å²) in [7, 11) is 0. The van der Waals surface area contributed by atoms with Gasteiger partial charge in [-0.3, -0.25) is 0 Å². The molecule has 0 aromatic heterocycles. The Kier molecular flexibility index (Phi) is 3.91. The van der Waals surface area contributed by atoms with E-state index in [2.05, 4.69) is 18.7 Å². The lowest BCUT2D eigenvalue weighted by Gasteiger charge is -2.51. The van der Waals surface area contributed by atoms with E-state index in [0.29, 0.717) is 11.3 Å². The van der Waals surface area contributed by atoms with Crippen LogP contribution in [0.25, 0.3) is 0 Å². The van der Waals surface area contributed by atoms with Gasteiger partial charge in [0.05, 0.1) is 6.10 Å². The van der Waals surface area contributed by atoms with Crippen molar-refractivity contribution >= 4 is 0 Å². The van der Waals surface area contributed by atoms with Crippen LogP contribution in [-0.2, 0) is 0 Å². The third-order valence-electron chi connectivity index (χ3n) is 4.98. The third kappa shape index (κ3) is 2.43. The van der Waals surface area contributed by atoms with E-state index < -0.39 is 0 Å². The first kappa shape index (κ1) is 12.4. The maximum Gasteiger partial charge on any atom is 0.0580 e. The summed E-state index contributed by atoms with van der Waals surface area (Å²) in [4.78, 5) is 2.56. The van der Waals surface area contributed by atoms with Gasteiger partial charge < -0.3 is 10.0 Å². The molecule has 1 heterocycles. The van der Waals surface area contributed by atoms with Gasteiger partial charge in [-0.2, -0.15) is 0 Å². The van der Waals surface area contributed by atoms with Gasteiger partial charge in [0.15, 0.2) is 0 Å². The number of nitrogens with zero attached hydrogens (tertiary/aromatic N) is 1. The highest BCUT2D eigenvalue weighted by atomic mass is 16.3. The molecule has 2 aliphatic rings. The molecule has 1 N–H and O–H groups in total. The SMILES string of the molecule is CCC1(CC)CN(CC2CCCCC2O)C1. The molecule has 0 bridgehead atoms. The molecule has 1 saturated heterocycles. The van der Waals surface area contributed by atoms with Gasteiger partial charge in [0.25, 0.3) is 0 Å². The number of aliphatic hydroxyl groups is 1. The summed E-state index contributed by atoms with van der Waals surface area (Å²) in [6, 6.07) is 0. The zero-order valence-electron chi connectivity index (χ0n) is 10.9. The van der Waals surface area contributed by atoms with Crippen molar-refractivity contribution in [2.45, 2.75) is 58.5 Å². The number of hydrogen-bond donors (Lipinski definition) is 1. The molecule has 0 aromatic carbocycles. The van der Waals surface area contributed by atoms with Crippen molar-refractivity contribution in [1.29, 1.82) is 0 Å². The summed E-state index contributed by atoms with van der Waals surface area (Å²) in [5, 5.41) is 9.96. The molecule has 1 aliphatic heterocycles. The first-order valence-corrected chi connectivity index (χ1v) is 7.09. The third-order valence-corrected chi connectivity index (χ3v) is 4.98. The van der Waals surface area contributed by atoms with Gasteiger partial charge in [0, 0.05) is 19.6 Å². The van der Waals surface area contributed by atoms with Crippen molar-refractivity contribution in [3.8, 4) is 0 Å². The van der Waals surface area contributed by atoms with Gasteiger partial charge in [0.1, 0.15) is 0 Å². The van der Waals surface area contributed by atoms with Crippen LogP contribution in [0.2, 0.25) is 0 Å². The summed E-state index contributed by atoms with van der Waals surface area (Å²) in [5.41, 5.74) is 0.611. The van der Waals surface area contributed by atoms with Crippen LogP contribution < -0.4 is 0 Å². The molecule has 2 heteroatoms. The lowest BCUT2D eigenvalue weighted by Crippen LogP contribution is -2.57. The van der Waals surface area contributed by atoms with Crippen LogP contribution in [0, 0.1) is 11.3 Å². The van der Waals surface area contributed by atoms with E-state index in [-0.39, 0.29) is 6.10 Å². The van der Waals surface area contributed by atoms with E-state index in [4.69, 9.17) is 0 Å². The fourth-order valence-electron chi connectivity index (χ4n) is 3.46. The molecule has 2 unspecified atom stereocenters. The summed E-state index contributed by atoms with van der Waals surface area (Å²) in [6.07, 6.45) is 7.43. The van der Waals surface area contributed by atoms with Crippen LogP contribution in [0.5, 0.6) is 0 Å². The van der Waals surface area contributed by atoms with Gasteiger partial charge in [0.2, 0.25) is 0 Å². The van der Waals surface area contributed by atoms with E-state index in [1.54, 1.807) is 0 Å². The van der Waals surface area contributed by atoms with Gasteiger partial charge >= 0.3 is 0 Å². The summed E-state index contributed by atoms with van der Waals surface area (Å²) < 4.78 is 0. The monoisotopic (exact) mass is 225 g/mol. The molecule has 2 rings (SSSR count). The lowest BCUT2D eigenvalue weighted by molar-refractivity contribution is -0.0405. The van der Waals surface area contributed by atoms with Crippen LogP contribution in [0.1, 0.15) is 52.4 Å². The Morgan fingerprint density at radius 3 is 2.31 bits per heavy atom. The molecule has 2 fully saturated rings. The van der Waals surface area contributed by atoms with Crippen molar-refractivity contribution < 1.29 is 5.11 Å². The Labute approximate surface area is 100 Å². The van der Waals surface area contributed by atoms with E-state index in [0.717, 1.165) is 13.0 Å². The Hall–Kier alpha value is -0.0800. The van der Waals surface area contributed by atoms with Crippen molar-refractivity contribution in [3.63, 3.8) is 0 Å². The van der Waals surface area contributed by atoms with Gasteiger partial charge in [-0.15, -0.1) is 0 Å². The van der Waals surface area contributed by atoms with Gasteiger partial charge in [-0.25, -0.2) is 0 Å². The first-order valence-electron chi connectivity index (χ1n) is 7.09. The minimum Gasteiger partial charge on any atom is -0.393 e. The normalized spacial score (nSPS) is 34.7. The second-order valence-electron chi connectivity index (χ2n) is 5.99. The highest BCUT2D eigenvalue weighted by molar-refractivity contribution is 4.94. The number of rotatable bonds is 4. The van der Waals surface area contributed by atoms with E-state index in [1.807, 2.05) is 0 Å². The van der Waals surface area contributed by atoms with Crippen LogP contribution in [0.3, 0.4) is 0 Å². The predicted molar refractivity (Wildman–Crippen MR) is 67.4 cm³/mol. The van der Waals surface area contributed by atoms with Crippen molar-refractivity contribution in [2.75, 3.05) is 19.6 Å². The minimum atomic E-state index is -0.0213. The lowest BCUT2D eigenvalue weighted by atomic mass is 9.74. The van der Waals surface area contributed by atoms with Crippen LogP contribution in [0.15, 0.2) is 0 Å². The molecular formula is C14H27NO. The molecule has 2 atom stereocenters. The number of likely N-dealkylation sites (tertiary alicyclic amines) is 1. The molecule has 94 valence electrons. The molecule has 1 aliphatic carbocycles. The highest BCUT2D eigenvalue weighted by Gasteiger charge is 2.41. The fraction of sp³-hybridized carbons (Fsp3) is 1.00. The maximum absolute atomic E-state index is 9.96. The number of hydrogen-bond acceptors (Lipinski definition) is 2. The molecule has 16 heavy (non-hydrogen) atoms. The smallest absolute Gasteiger partial charge is 0.0580 e. The van der Waals surface area contributed by atoms with Crippen LogP contribution in [0.4, 0.5) is 0 Å². The topological polar surface area (TPSA) is 23.5 Å². The average molecular weight is 225 g/mol. The molecule has 0 spiro atoms. The van der Waals surface area contributed by atoms with Crippen molar-refractivity contribution in [2.24, 2.45) is 11.3 Å². The molecule has 0 radical (unpaired) electrons. The van der Waals surface area contributed by atoms with Crippen LogP contribution >= 0.6 is 0 Å². The quantitative estimate of drug-likeness (QED) is 0.795. The summed E-state index contributed by atoms with van der Waals surface area (Å²) in [5.74, 6) is 0.556. The molecule has 2 nitrogen and oxygen atoms in total. The maximum atomic E-state index is 9.96. The Morgan fingerprint density at radius 2 is 1.75 bits per heavy atom. The zero-order chi connectivity index (χ0) is 11.6. The molecular weight excluding hydrogens is 198 g/mol. The molecule has 1 saturated carbocycles. The molecule has 0 aromatic rings. The Balaban J connectivity index is 1.76. The van der Waals surface area contributed by atoms with E-state index >= 15 is 0 Å². The predicted octanol–water partition coefficient (Wildman–Crippen LogP) is 2.66. The Bertz CT molecular complexity index is 217. The zero-order valence-corrected chi connectivity index (χ0v) is 10.9. The van der Waals surface area contributed by atoms with Crippen molar-refractivity contribution in [1.82, 2.24) is 4.90 Å². The summed E-state index contributed by atoms with van der Waals surface area (Å²) in [6.45, 7) is 8.31. The number of aliphatic hydroxyl groups excluding tert-OH is 1. The first-order chi connectivity index (χ1) is 7.69. The highest BCUT2D eigenvalue weighted by Crippen LogP contribution is 2.38. The van der Waals surface area contributed by atoms with Crippen LogP contribution in [-0.4, -0.2) is 35.7 Å². The Morgan fingerprint density at radius 1 is 1.12 bits per heavy atom. The second kappa shape index (κ2) is 5.05. The fourth-order valence-corrected chi connectivity index (χ4v) is 3.46. The second-order valence-corrected chi connectivity index (χ2v) is 5.99.